The first-order chi connectivity index (χ1) is 17.1. The van der Waals surface area contributed by atoms with Crippen molar-refractivity contribution in [2.24, 2.45) is 0 Å². The van der Waals surface area contributed by atoms with Crippen molar-refractivity contribution in [2.75, 3.05) is 38.3 Å². The van der Waals surface area contributed by atoms with Crippen LogP contribution in [0, 0.1) is 11.3 Å². The summed E-state index contributed by atoms with van der Waals surface area (Å²) in [6, 6.07) is 12.8. The highest BCUT2D eigenvalue weighted by atomic mass is 16.5. The van der Waals surface area contributed by atoms with Gasteiger partial charge in [-0.05, 0) is 43.0 Å². The van der Waals surface area contributed by atoms with Crippen LogP contribution in [0.15, 0.2) is 42.7 Å². The number of nitrogens with zero attached hydrogens (tertiary/aromatic N) is 5. The van der Waals surface area contributed by atoms with Crippen molar-refractivity contribution in [3.63, 3.8) is 0 Å². The van der Waals surface area contributed by atoms with Crippen LogP contribution in [-0.2, 0) is 9.53 Å². The molecular weight excluding hydrogens is 440 g/mol. The number of rotatable bonds is 7. The van der Waals surface area contributed by atoms with E-state index in [0.717, 1.165) is 46.6 Å². The van der Waals surface area contributed by atoms with E-state index in [1.165, 1.54) is 0 Å². The van der Waals surface area contributed by atoms with Crippen LogP contribution in [-0.4, -0.2) is 65.4 Å². The van der Waals surface area contributed by atoms with Gasteiger partial charge in [0, 0.05) is 56.0 Å². The topological polar surface area (TPSA) is 98.1 Å². The Bertz CT molecular complexity index is 1250. The van der Waals surface area contributed by atoms with Crippen molar-refractivity contribution in [1.29, 1.82) is 5.26 Å². The second kappa shape index (κ2) is 9.88. The lowest BCUT2D eigenvalue weighted by atomic mass is 9.96. The molecule has 0 radical (unpaired) electrons. The Hall–Kier alpha value is -3.70. The van der Waals surface area contributed by atoms with Crippen molar-refractivity contribution in [3.8, 4) is 28.3 Å². The lowest BCUT2D eigenvalue weighted by Gasteiger charge is -2.41. The third-order valence-electron chi connectivity index (χ3n) is 6.89. The maximum absolute atomic E-state index is 12.6. The molecular formula is C27H30N6O2. The second-order valence-electron chi connectivity index (χ2n) is 9.37. The molecule has 180 valence electrons. The molecule has 1 unspecified atom stereocenters. The fourth-order valence-electron chi connectivity index (χ4n) is 4.87. The Morgan fingerprint density at radius 1 is 1.23 bits per heavy atom. The molecule has 8 nitrogen and oxygen atoms in total. The fourth-order valence-corrected chi connectivity index (χ4v) is 4.87. The van der Waals surface area contributed by atoms with Gasteiger partial charge in [0.05, 0.1) is 30.5 Å². The number of carbonyl (C=O) groups excluding carboxylic acids is 1. The van der Waals surface area contributed by atoms with E-state index in [1.807, 2.05) is 29.4 Å². The van der Waals surface area contributed by atoms with Crippen LogP contribution in [0.25, 0.3) is 22.3 Å². The number of aromatic amines is 1. The highest BCUT2D eigenvalue weighted by Crippen LogP contribution is 2.45. The number of amides is 1. The van der Waals surface area contributed by atoms with Gasteiger partial charge in [-0.25, -0.2) is 4.98 Å². The molecule has 3 heterocycles. The molecule has 2 aliphatic rings. The summed E-state index contributed by atoms with van der Waals surface area (Å²) in [4.78, 5) is 21.7. The summed E-state index contributed by atoms with van der Waals surface area (Å²) in [6.07, 6.45) is 6.31. The molecule has 35 heavy (non-hydrogen) atoms. The summed E-state index contributed by atoms with van der Waals surface area (Å²) >= 11 is 0. The minimum atomic E-state index is 0.0390. The summed E-state index contributed by atoms with van der Waals surface area (Å²) in [5.41, 5.74) is 5.82. The van der Waals surface area contributed by atoms with E-state index in [1.54, 1.807) is 7.11 Å². The Morgan fingerprint density at radius 3 is 2.74 bits per heavy atom. The van der Waals surface area contributed by atoms with Gasteiger partial charge in [0.15, 0.2) is 0 Å². The number of carbonyl (C=O) groups is 1. The van der Waals surface area contributed by atoms with Gasteiger partial charge in [-0.3, -0.25) is 9.89 Å². The quantitative estimate of drug-likeness (QED) is 0.561. The van der Waals surface area contributed by atoms with E-state index in [4.69, 9.17) is 9.72 Å². The van der Waals surface area contributed by atoms with Crippen molar-refractivity contribution in [3.05, 3.63) is 54.0 Å². The first kappa shape index (κ1) is 23.1. The molecule has 1 atom stereocenters. The molecule has 1 aliphatic carbocycles. The number of benzene rings is 1. The van der Waals surface area contributed by atoms with Gasteiger partial charge >= 0.3 is 0 Å². The molecule has 1 saturated carbocycles. The largest absolute Gasteiger partial charge is 0.384 e. The van der Waals surface area contributed by atoms with E-state index in [2.05, 4.69) is 46.3 Å². The van der Waals surface area contributed by atoms with Gasteiger partial charge < -0.3 is 14.5 Å². The molecule has 1 aromatic carbocycles. The maximum atomic E-state index is 12.6. The van der Waals surface area contributed by atoms with E-state index in [9.17, 15) is 10.1 Å². The van der Waals surface area contributed by atoms with Crippen LogP contribution in [0.3, 0.4) is 0 Å². The number of aromatic nitrogens is 3. The smallest absolute Gasteiger partial charge is 0.225 e. The Kier molecular flexibility index (Phi) is 6.51. The number of piperazine rings is 1. The highest BCUT2D eigenvalue weighted by molar-refractivity contribution is 5.78. The van der Waals surface area contributed by atoms with Gasteiger partial charge in [-0.15, -0.1) is 0 Å². The molecule has 3 aromatic rings. The zero-order chi connectivity index (χ0) is 24.4. The molecule has 1 aliphatic heterocycles. The van der Waals surface area contributed by atoms with Crippen molar-refractivity contribution >= 4 is 11.7 Å². The zero-order valence-electron chi connectivity index (χ0n) is 20.2. The molecule has 0 bridgehead atoms. The van der Waals surface area contributed by atoms with Gasteiger partial charge in [-0.1, -0.05) is 18.2 Å². The summed E-state index contributed by atoms with van der Waals surface area (Å²) in [6.45, 7) is 4.41. The molecule has 2 fully saturated rings. The van der Waals surface area contributed by atoms with Gasteiger partial charge in [0.1, 0.15) is 11.9 Å². The lowest BCUT2D eigenvalue weighted by Crippen LogP contribution is -2.54. The minimum absolute atomic E-state index is 0.0390. The Morgan fingerprint density at radius 2 is 2.06 bits per heavy atom. The number of hydrogen-bond donors (Lipinski definition) is 1. The van der Waals surface area contributed by atoms with E-state index >= 15 is 0 Å². The number of methoxy groups -OCH3 is 1. The zero-order valence-corrected chi connectivity index (χ0v) is 20.2. The molecule has 2 aromatic heterocycles. The monoisotopic (exact) mass is 470 g/mol. The van der Waals surface area contributed by atoms with E-state index < -0.39 is 0 Å². The number of anilines is 1. The third-order valence-corrected chi connectivity index (χ3v) is 6.89. The van der Waals surface area contributed by atoms with Crippen molar-refractivity contribution < 1.29 is 9.53 Å². The van der Waals surface area contributed by atoms with Crippen LogP contribution in [0.1, 0.15) is 43.4 Å². The van der Waals surface area contributed by atoms with Gasteiger partial charge in [0.25, 0.3) is 0 Å². The first-order valence-corrected chi connectivity index (χ1v) is 12.2. The van der Waals surface area contributed by atoms with E-state index in [0.29, 0.717) is 44.1 Å². The minimum Gasteiger partial charge on any atom is -0.384 e. The third kappa shape index (κ3) is 4.77. The average Bonchev–Trinajstić information content (AvgIpc) is 3.59. The summed E-state index contributed by atoms with van der Waals surface area (Å²) in [5.74, 6) is 1.27. The van der Waals surface area contributed by atoms with Crippen molar-refractivity contribution in [1.82, 2.24) is 20.1 Å². The summed E-state index contributed by atoms with van der Waals surface area (Å²) in [7, 11) is 1.61. The SMILES string of the molecule is COCCC(=O)N1CCN(c2nc(C3CC3)c(-c3cccc(-c4cn[nH]c4)c3)cc2C#N)CC1C. The normalized spacial score (nSPS) is 17.9. The number of H-pyrrole nitrogens is 1. The van der Waals surface area contributed by atoms with Crippen LogP contribution in [0.4, 0.5) is 5.82 Å². The van der Waals surface area contributed by atoms with Gasteiger partial charge in [0.2, 0.25) is 5.91 Å². The van der Waals surface area contributed by atoms with Crippen LogP contribution in [0.5, 0.6) is 0 Å². The number of nitrogens with one attached hydrogen (secondary N) is 1. The standard InChI is InChI=1S/C27H30N6O2/c1-18-17-32(9-10-33(18)25(34)8-11-35-2)27-22(14-28)13-24(26(31-27)19-6-7-19)21-5-3-4-20(12-21)23-15-29-30-16-23/h3-5,12-13,15-16,18-19H,6-11,17H2,1-2H3,(H,29,30). The molecule has 5 rings (SSSR count). The summed E-state index contributed by atoms with van der Waals surface area (Å²) < 4.78 is 5.07. The first-order valence-electron chi connectivity index (χ1n) is 12.2. The average molecular weight is 471 g/mol. The molecule has 1 amide bonds. The van der Waals surface area contributed by atoms with Crippen molar-refractivity contribution in [2.45, 2.75) is 38.1 Å². The lowest BCUT2D eigenvalue weighted by molar-refractivity contribution is -0.134. The van der Waals surface area contributed by atoms with Gasteiger partial charge in [-0.2, -0.15) is 10.4 Å². The molecule has 0 spiro atoms. The van der Waals surface area contributed by atoms with Crippen LogP contribution >= 0.6 is 0 Å². The van der Waals surface area contributed by atoms with Crippen LogP contribution in [0.2, 0.25) is 0 Å². The number of hydrogen-bond acceptors (Lipinski definition) is 6. The molecule has 1 N–H and O–H groups in total. The predicted octanol–water partition coefficient (Wildman–Crippen LogP) is 3.96. The second-order valence-corrected chi connectivity index (χ2v) is 9.37. The number of ether oxygens (including phenoxy) is 1. The maximum Gasteiger partial charge on any atom is 0.225 e. The Labute approximate surface area is 205 Å². The molecule has 8 heteroatoms. The molecule has 1 saturated heterocycles. The summed E-state index contributed by atoms with van der Waals surface area (Å²) in [5, 5.41) is 17.0. The fraction of sp³-hybridized carbons (Fsp3) is 0.407. The highest BCUT2D eigenvalue weighted by Gasteiger charge is 2.33. The predicted molar refractivity (Wildman–Crippen MR) is 134 cm³/mol. The number of pyridine rings is 1. The Balaban J connectivity index is 1.46. The van der Waals surface area contributed by atoms with Crippen LogP contribution < -0.4 is 4.90 Å². The van der Waals surface area contributed by atoms with E-state index in [-0.39, 0.29) is 11.9 Å². The number of nitriles is 1.